The fraction of sp³-hybridized carbons (Fsp3) is 0.536. The SMILES string of the molecule is C#CCN1CCC2(CC1)CCN(CCCCCNc1cc(Cl)ccc1Sc1cccnc1)CC2. The Kier molecular flexibility index (Phi) is 9.58. The summed E-state index contributed by atoms with van der Waals surface area (Å²) in [6, 6.07) is 10.1. The van der Waals surface area contributed by atoms with Crippen LogP contribution >= 0.6 is 23.4 Å². The van der Waals surface area contributed by atoms with Crippen molar-refractivity contribution in [2.45, 2.75) is 54.7 Å². The van der Waals surface area contributed by atoms with Gasteiger partial charge in [-0.05, 0) is 107 Å². The maximum absolute atomic E-state index is 6.27. The predicted molar refractivity (Wildman–Crippen MR) is 145 cm³/mol. The molecule has 4 nitrogen and oxygen atoms in total. The molecular weight excluding hydrogens is 460 g/mol. The Hall–Kier alpha value is -1.71. The van der Waals surface area contributed by atoms with Gasteiger partial charge in [0.1, 0.15) is 0 Å². The maximum Gasteiger partial charge on any atom is 0.0598 e. The Bertz CT molecular complexity index is 927. The lowest BCUT2D eigenvalue weighted by atomic mass is 9.71. The van der Waals surface area contributed by atoms with Gasteiger partial charge in [0.2, 0.25) is 0 Å². The standard InChI is InChI=1S/C28H37ClN4S/c1-2-16-32-18-10-28(11-19-32)12-20-33(21-13-28)17-5-3-4-15-31-26-22-24(29)8-9-27(26)34-25-7-6-14-30-23-25/h1,6-9,14,22-23,31H,3-5,10-13,15-21H2. The molecule has 0 saturated carbocycles. The van der Waals surface area contributed by atoms with E-state index in [1.54, 1.807) is 18.0 Å². The Balaban J connectivity index is 1.12. The molecule has 1 aromatic carbocycles. The zero-order valence-corrected chi connectivity index (χ0v) is 21.7. The molecule has 182 valence electrons. The van der Waals surface area contributed by atoms with Crippen LogP contribution in [0.2, 0.25) is 5.02 Å². The topological polar surface area (TPSA) is 31.4 Å². The first kappa shape index (κ1) is 25.4. The highest BCUT2D eigenvalue weighted by atomic mass is 35.5. The molecule has 1 spiro atoms. The van der Waals surface area contributed by atoms with E-state index in [1.165, 1.54) is 82.6 Å². The normalized spacial score (nSPS) is 18.6. The average Bonchev–Trinajstić information content (AvgIpc) is 2.86. The summed E-state index contributed by atoms with van der Waals surface area (Å²) in [4.78, 5) is 11.7. The Morgan fingerprint density at radius 3 is 2.50 bits per heavy atom. The number of pyridine rings is 1. The van der Waals surface area contributed by atoms with E-state index >= 15 is 0 Å². The molecule has 2 saturated heterocycles. The summed E-state index contributed by atoms with van der Waals surface area (Å²) in [6.07, 6.45) is 18.3. The number of terminal acetylenes is 1. The van der Waals surface area contributed by atoms with Crippen molar-refractivity contribution in [2.24, 2.45) is 5.41 Å². The van der Waals surface area contributed by atoms with Gasteiger partial charge in [0.25, 0.3) is 0 Å². The minimum Gasteiger partial charge on any atom is -0.384 e. The van der Waals surface area contributed by atoms with Gasteiger partial charge in [-0.25, -0.2) is 0 Å². The summed E-state index contributed by atoms with van der Waals surface area (Å²) >= 11 is 7.99. The molecule has 0 aliphatic carbocycles. The van der Waals surface area contributed by atoms with Crippen LogP contribution in [0.5, 0.6) is 0 Å². The number of rotatable bonds is 10. The van der Waals surface area contributed by atoms with Gasteiger partial charge in [-0.1, -0.05) is 35.7 Å². The third-order valence-electron chi connectivity index (χ3n) is 7.42. The van der Waals surface area contributed by atoms with E-state index in [-0.39, 0.29) is 0 Å². The zero-order valence-electron chi connectivity index (χ0n) is 20.1. The average molecular weight is 497 g/mol. The van der Waals surface area contributed by atoms with Crippen molar-refractivity contribution in [1.29, 1.82) is 0 Å². The molecule has 0 bridgehead atoms. The number of nitrogens with zero attached hydrogens (tertiary/aromatic N) is 3. The van der Waals surface area contributed by atoms with E-state index < -0.39 is 0 Å². The molecule has 2 aliphatic heterocycles. The third-order valence-corrected chi connectivity index (χ3v) is 8.71. The van der Waals surface area contributed by atoms with Gasteiger partial charge in [0.05, 0.1) is 6.54 Å². The summed E-state index contributed by atoms with van der Waals surface area (Å²) < 4.78 is 0. The second kappa shape index (κ2) is 12.8. The number of piperidine rings is 2. The van der Waals surface area contributed by atoms with Crippen LogP contribution in [0.1, 0.15) is 44.9 Å². The van der Waals surface area contributed by atoms with E-state index in [4.69, 9.17) is 18.0 Å². The number of hydrogen-bond donors (Lipinski definition) is 1. The Morgan fingerprint density at radius 1 is 1.03 bits per heavy atom. The highest BCUT2D eigenvalue weighted by Gasteiger charge is 2.37. The molecule has 2 aliphatic rings. The van der Waals surface area contributed by atoms with E-state index in [9.17, 15) is 0 Å². The summed E-state index contributed by atoms with van der Waals surface area (Å²) in [6.45, 7) is 7.93. The van der Waals surface area contributed by atoms with Crippen molar-refractivity contribution in [1.82, 2.24) is 14.8 Å². The lowest BCUT2D eigenvalue weighted by molar-refractivity contribution is 0.0386. The number of unbranched alkanes of at least 4 members (excludes halogenated alkanes) is 2. The van der Waals surface area contributed by atoms with E-state index in [2.05, 4.69) is 38.2 Å². The molecule has 0 atom stereocenters. The van der Waals surface area contributed by atoms with Gasteiger partial charge in [0, 0.05) is 39.4 Å². The predicted octanol–water partition coefficient (Wildman–Crippen LogP) is 6.28. The molecule has 6 heteroatoms. The third kappa shape index (κ3) is 7.39. The molecule has 0 unspecified atom stereocenters. The fourth-order valence-corrected chi connectivity index (χ4v) is 6.25. The maximum atomic E-state index is 6.27. The lowest BCUT2D eigenvalue weighted by Crippen LogP contribution is -2.47. The van der Waals surface area contributed by atoms with Gasteiger partial charge in [-0.3, -0.25) is 9.88 Å². The van der Waals surface area contributed by atoms with Crippen LogP contribution in [0, 0.1) is 17.8 Å². The first-order valence-corrected chi connectivity index (χ1v) is 13.8. The molecule has 34 heavy (non-hydrogen) atoms. The highest BCUT2D eigenvalue weighted by Crippen LogP contribution is 2.41. The highest BCUT2D eigenvalue weighted by molar-refractivity contribution is 7.99. The van der Waals surface area contributed by atoms with Crippen molar-refractivity contribution in [3.05, 3.63) is 47.7 Å². The number of likely N-dealkylation sites (tertiary alicyclic amines) is 2. The van der Waals surface area contributed by atoms with Gasteiger partial charge in [-0.15, -0.1) is 6.42 Å². The summed E-state index contributed by atoms with van der Waals surface area (Å²) in [5.74, 6) is 2.80. The van der Waals surface area contributed by atoms with E-state index in [0.29, 0.717) is 5.41 Å². The van der Waals surface area contributed by atoms with Gasteiger partial charge < -0.3 is 10.2 Å². The fourth-order valence-electron chi connectivity index (χ4n) is 5.19. The summed E-state index contributed by atoms with van der Waals surface area (Å²) in [5, 5.41) is 4.37. The second-order valence-corrected chi connectivity index (χ2v) is 11.3. The van der Waals surface area contributed by atoms with Crippen molar-refractivity contribution >= 4 is 29.1 Å². The minimum absolute atomic E-state index is 0.591. The molecule has 4 rings (SSSR count). The molecule has 3 heterocycles. The zero-order chi connectivity index (χ0) is 23.6. The number of anilines is 1. The lowest BCUT2D eigenvalue weighted by Gasteiger charge is -2.46. The summed E-state index contributed by atoms with van der Waals surface area (Å²) in [5.41, 5.74) is 1.70. The molecular formula is C28H37ClN4S. The molecule has 1 N–H and O–H groups in total. The van der Waals surface area contributed by atoms with Gasteiger partial charge in [0.15, 0.2) is 0 Å². The van der Waals surface area contributed by atoms with Crippen LogP contribution in [0.15, 0.2) is 52.5 Å². The number of aromatic nitrogens is 1. The van der Waals surface area contributed by atoms with Crippen molar-refractivity contribution in [3.8, 4) is 12.3 Å². The smallest absolute Gasteiger partial charge is 0.0598 e. The van der Waals surface area contributed by atoms with Crippen LogP contribution in [0.25, 0.3) is 0 Å². The minimum atomic E-state index is 0.591. The van der Waals surface area contributed by atoms with Crippen LogP contribution < -0.4 is 5.32 Å². The van der Waals surface area contributed by atoms with Crippen LogP contribution in [-0.4, -0.2) is 60.6 Å². The summed E-state index contributed by atoms with van der Waals surface area (Å²) in [7, 11) is 0. The largest absolute Gasteiger partial charge is 0.384 e. The Labute approximate surface area is 214 Å². The van der Waals surface area contributed by atoms with Crippen molar-refractivity contribution in [2.75, 3.05) is 51.1 Å². The molecule has 0 radical (unpaired) electrons. The van der Waals surface area contributed by atoms with Gasteiger partial charge >= 0.3 is 0 Å². The van der Waals surface area contributed by atoms with Crippen LogP contribution in [0.4, 0.5) is 5.69 Å². The van der Waals surface area contributed by atoms with Crippen molar-refractivity contribution < 1.29 is 0 Å². The first-order valence-electron chi connectivity index (χ1n) is 12.7. The van der Waals surface area contributed by atoms with E-state index in [1.807, 2.05) is 24.4 Å². The van der Waals surface area contributed by atoms with Crippen LogP contribution in [-0.2, 0) is 0 Å². The number of benzene rings is 1. The number of hydrogen-bond acceptors (Lipinski definition) is 5. The molecule has 1 aromatic heterocycles. The second-order valence-electron chi connectivity index (χ2n) is 9.74. The number of nitrogens with one attached hydrogen (secondary N) is 1. The first-order chi connectivity index (χ1) is 16.7. The molecule has 0 amide bonds. The monoisotopic (exact) mass is 496 g/mol. The van der Waals surface area contributed by atoms with E-state index in [0.717, 1.165) is 28.7 Å². The molecule has 2 aromatic rings. The van der Waals surface area contributed by atoms with Crippen molar-refractivity contribution in [3.63, 3.8) is 0 Å². The van der Waals surface area contributed by atoms with Gasteiger partial charge in [-0.2, -0.15) is 0 Å². The van der Waals surface area contributed by atoms with Crippen LogP contribution in [0.3, 0.4) is 0 Å². The Morgan fingerprint density at radius 2 is 1.79 bits per heavy atom. The number of halogens is 1. The molecule has 2 fully saturated rings. The quantitative estimate of drug-likeness (QED) is 0.309.